The van der Waals surface area contributed by atoms with E-state index in [1.54, 1.807) is 12.1 Å². The van der Waals surface area contributed by atoms with Crippen LogP contribution in [0.5, 0.6) is 11.5 Å². The monoisotopic (exact) mass is 403 g/mol. The summed E-state index contributed by atoms with van der Waals surface area (Å²) in [5, 5.41) is 23.2. The molecular formula is C18H18BrN3O3. The third kappa shape index (κ3) is 3.17. The number of halogens is 1. The van der Waals surface area contributed by atoms with Gasteiger partial charge in [-0.1, -0.05) is 0 Å². The number of nitrogens with one attached hydrogen (secondary N) is 1. The minimum Gasteiger partial charge on any atom is -0.508 e. The number of nitrogens with zero attached hydrogens (tertiary/aromatic N) is 2. The number of imidazole rings is 1. The normalized spacial score (nSPS) is 17.2. The van der Waals surface area contributed by atoms with Gasteiger partial charge in [0.1, 0.15) is 28.7 Å². The number of aromatic nitrogens is 2. The molecule has 7 heteroatoms. The fraction of sp³-hybridized carbons (Fsp3) is 0.278. The molecule has 6 nitrogen and oxygen atoms in total. The van der Waals surface area contributed by atoms with Crippen LogP contribution in [0.3, 0.4) is 0 Å². The summed E-state index contributed by atoms with van der Waals surface area (Å²) in [7, 11) is 0. The van der Waals surface area contributed by atoms with E-state index in [0.717, 1.165) is 35.4 Å². The van der Waals surface area contributed by atoms with Crippen LogP contribution in [0.4, 0.5) is 5.82 Å². The van der Waals surface area contributed by atoms with Gasteiger partial charge in [-0.2, -0.15) is 0 Å². The van der Waals surface area contributed by atoms with Crippen molar-refractivity contribution in [2.45, 2.75) is 18.9 Å². The van der Waals surface area contributed by atoms with Gasteiger partial charge in [-0.05, 0) is 53.0 Å². The molecule has 0 bridgehead atoms. The Bertz CT molecular complexity index is 919. The summed E-state index contributed by atoms with van der Waals surface area (Å²) < 4.78 is 8.56. The number of benzene rings is 1. The standard InChI is InChI=1S/C18H18BrN3O3/c19-11-3-6-16-21-17(14-5-4-12(23)8-15(14)24)18(22(16)10-11)20-9-13-2-1-7-25-13/h3-6,8,10,13,20,23-24H,1-2,7,9H2/t13-/m0/s1. The molecule has 0 saturated carbocycles. The molecule has 0 spiro atoms. The first kappa shape index (κ1) is 16.2. The quantitative estimate of drug-likeness (QED) is 0.617. The van der Waals surface area contributed by atoms with Gasteiger partial charge in [-0.3, -0.25) is 4.40 Å². The lowest BCUT2D eigenvalue weighted by Crippen LogP contribution is -2.19. The van der Waals surface area contributed by atoms with Crippen LogP contribution in [-0.4, -0.2) is 38.9 Å². The van der Waals surface area contributed by atoms with Gasteiger partial charge in [0, 0.05) is 35.5 Å². The molecule has 0 unspecified atom stereocenters. The van der Waals surface area contributed by atoms with Crippen molar-refractivity contribution in [1.82, 2.24) is 9.38 Å². The third-order valence-electron chi connectivity index (χ3n) is 4.34. The molecule has 1 saturated heterocycles. The smallest absolute Gasteiger partial charge is 0.139 e. The summed E-state index contributed by atoms with van der Waals surface area (Å²) in [5.74, 6) is 0.789. The summed E-state index contributed by atoms with van der Waals surface area (Å²) in [5.41, 5.74) is 1.96. The maximum Gasteiger partial charge on any atom is 0.139 e. The second-order valence-corrected chi connectivity index (χ2v) is 7.02. The Labute approximate surface area is 153 Å². The number of rotatable bonds is 4. The maximum absolute atomic E-state index is 10.3. The minimum absolute atomic E-state index is 0.0114. The Hall–Kier alpha value is -2.25. The van der Waals surface area contributed by atoms with E-state index in [1.165, 1.54) is 6.07 Å². The lowest BCUT2D eigenvalue weighted by atomic mass is 10.1. The molecule has 0 amide bonds. The number of fused-ring (bicyclic) bond motifs is 1. The summed E-state index contributed by atoms with van der Waals surface area (Å²) >= 11 is 3.49. The van der Waals surface area contributed by atoms with Gasteiger partial charge in [0.05, 0.1) is 6.10 Å². The van der Waals surface area contributed by atoms with E-state index in [2.05, 4.69) is 26.2 Å². The number of hydrogen-bond acceptors (Lipinski definition) is 5. The number of pyridine rings is 1. The van der Waals surface area contributed by atoms with Crippen LogP contribution in [0.15, 0.2) is 41.0 Å². The van der Waals surface area contributed by atoms with Crippen molar-refractivity contribution in [2.24, 2.45) is 0 Å². The molecule has 3 N–H and O–H groups in total. The predicted molar refractivity (Wildman–Crippen MR) is 99.1 cm³/mol. The van der Waals surface area contributed by atoms with E-state index in [0.29, 0.717) is 17.8 Å². The zero-order valence-corrected chi connectivity index (χ0v) is 15.0. The largest absolute Gasteiger partial charge is 0.508 e. The van der Waals surface area contributed by atoms with E-state index < -0.39 is 0 Å². The Morgan fingerprint density at radius 1 is 1.28 bits per heavy atom. The van der Waals surface area contributed by atoms with Crippen molar-refractivity contribution in [3.63, 3.8) is 0 Å². The first-order valence-electron chi connectivity index (χ1n) is 8.17. The van der Waals surface area contributed by atoms with E-state index in [1.807, 2.05) is 22.7 Å². The van der Waals surface area contributed by atoms with E-state index in [4.69, 9.17) is 4.74 Å². The Morgan fingerprint density at radius 2 is 2.16 bits per heavy atom. The van der Waals surface area contributed by atoms with E-state index in [-0.39, 0.29) is 17.6 Å². The average molecular weight is 404 g/mol. The summed E-state index contributed by atoms with van der Waals surface area (Å²) in [6, 6.07) is 8.35. The molecule has 1 atom stereocenters. The Balaban J connectivity index is 1.79. The summed E-state index contributed by atoms with van der Waals surface area (Å²) in [4.78, 5) is 4.66. The molecule has 130 valence electrons. The summed E-state index contributed by atoms with van der Waals surface area (Å²) in [6.45, 7) is 1.48. The number of hydrogen-bond donors (Lipinski definition) is 3. The second kappa shape index (κ2) is 6.57. The number of phenolic OH excluding ortho intramolecular Hbond substituents is 2. The predicted octanol–water partition coefficient (Wildman–Crippen LogP) is 3.77. The highest BCUT2D eigenvalue weighted by Gasteiger charge is 2.20. The fourth-order valence-electron chi connectivity index (χ4n) is 3.11. The third-order valence-corrected chi connectivity index (χ3v) is 4.81. The number of anilines is 1. The van der Waals surface area contributed by atoms with Crippen LogP contribution in [0.1, 0.15) is 12.8 Å². The first-order valence-corrected chi connectivity index (χ1v) is 8.96. The zero-order chi connectivity index (χ0) is 17.4. The average Bonchev–Trinajstić information content (AvgIpc) is 3.20. The molecule has 1 aliphatic heterocycles. The molecule has 1 aromatic carbocycles. The Morgan fingerprint density at radius 3 is 2.92 bits per heavy atom. The molecule has 3 heterocycles. The molecular weight excluding hydrogens is 386 g/mol. The molecule has 0 aliphatic carbocycles. The van der Waals surface area contributed by atoms with Crippen molar-refractivity contribution in [1.29, 1.82) is 0 Å². The fourth-order valence-corrected chi connectivity index (χ4v) is 3.45. The highest BCUT2D eigenvalue weighted by molar-refractivity contribution is 9.10. The zero-order valence-electron chi connectivity index (χ0n) is 13.4. The van der Waals surface area contributed by atoms with Crippen LogP contribution in [0.2, 0.25) is 0 Å². The minimum atomic E-state index is -0.0114. The van der Waals surface area contributed by atoms with Crippen molar-refractivity contribution in [2.75, 3.05) is 18.5 Å². The Kier molecular flexibility index (Phi) is 4.27. The van der Waals surface area contributed by atoms with Crippen LogP contribution < -0.4 is 5.32 Å². The van der Waals surface area contributed by atoms with Crippen molar-refractivity contribution >= 4 is 27.4 Å². The van der Waals surface area contributed by atoms with Gasteiger partial charge in [0.2, 0.25) is 0 Å². The SMILES string of the molecule is Oc1ccc(-c2nc3ccc(Br)cn3c2NC[C@@H]2CCCO2)c(O)c1. The van der Waals surface area contributed by atoms with E-state index >= 15 is 0 Å². The second-order valence-electron chi connectivity index (χ2n) is 6.10. The van der Waals surface area contributed by atoms with Gasteiger partial charge in [-0.15, -0.1) is 0 Å². The lowest BCUT2D eigenvalue weighted by Gasteiger charge is -2.13. The van der Waals surface area contributed by atoms with Crippen molar-refractivity contribution < 1.29 is 14.9 Å². The molecule has 3 aromatic rings. The molecule has 0 radical (unpaired) electrons. The molecule has 4 rings (SSSR count). The molecule has 1 aliphatic rings. The van der Waals surface area contributed by atoms with E-state index in [9.17, 15) is 10.2 Å². The molecule has 1 fully saturated rings. The number of aromatic hydroxyl groups is 2. The molecule has 2 aromatic heterocycles. The van der Waals surface area contributed by atoms with Gasteiger partial charge < -0.3 is 20.3 Å². The summed E-state index contributed by atoms with van der Waals surface area (Å²) in [6.07, 6.45) is 4.23. The highest BCUT2D eigenvalue weighted by Crippen LogP contribution is 2.37. The van der Waals surface area contributed by atoms with Gasteiger partial charge in [0.15, 0.2) is 0 Å². The van der Waals surface area contributed by atoms with Crippen LogP contribution >= 0.6 is 15.9 Å². The maximum atomic E-state index is 10.3. The van der Waals surface area contributed by atoms with Gasteiger partial charge in [0.25, 0.3) is 0 Å². The van der Waals surface area contributed by atoms with Crippen LogP contribution in [0.25, 0.3) is 16.9 Å². The number of phenols is 2. The molecule has 25 heavy (non-hydrogen) atoms. The first-order chi connectivity index (χ1) is 12.1. The number of ether oxygens (including phenoxy) is 1. The van der Waals surface area contributed by atoms with Gasteiger partial charge >= 0.3 is 0 Å². The van der Waals surface area contributed by atoms with Crippen LogP contribution in [-0.2, 0) is 4.74 Å². The van der Waals surface area contributed by atoms with Gasteiger partial charge in [-0.25, -0.2) is 4.98 Å². The highest BCUT2D eigenvalue weighted by atomic mass is 79.9. The van der Waals surface area contributed by atoms with Crippen molar-refractivity contribution in [3.05, 3.63) is 41.0 Å². The topological polar surface area (TPSA) is 79.0 Å². The van der Waals surface area contributed by atoms with Crippen LogP contribution in [0, 0.1) is 0 Å². The lowest BCUT2D eigenvalue weighted by molar-refractivity contribution is 0.120. The van der Waals surface area contributed by atoms with Crippen molar-refractivity contribution in [3.8, 4) is 22.8 Å².